The van der Waals surface area contributed by atoms with Gasteiger partial charge in [0.25, 0.3) is 0 Å². The predicted octanol–water partition coefficient (Wildman–Crippen LogP) is 2.60. The van der Waals surface area contributed by atoms with Crippen molar-refractivity contribution < 1.29 is 9.18 Å². The van der Waals surface area contributed by atoms with Crippen molar-refractivity contribution in [2.45, 2.75) is 27.4 Å². The van der Waals surface area contributed by atoms with Crippen LogP contribution in [0.4, 0.5) is 9.52 Å². The number of anilines is 1. The van der Waals surface area contributed by atoms with E-state index < -0.39 is 6.67 Å². The molecule has 0 atom stereocenters. The SMILES string of the molecule is CC.CC(=O)Nc1ncc(CF)s1. The van der Waals surface area contributed by atoms with E-state index in [1.165, 1.54) is 13.1 Å². The van der Waals surface area contributed by atoms with Gasteiger partial charge in [0.05, 0.1) is 4.88 Å². The van der Waals surface area contributed by atoms with Gasteiger partial charge in [-0.2, -0.15) is 0 Å². The summed E-state index contributed by atoms with van der Waals surface area (Å²) in [6.07, 6.45) is 1.41. The maximum Gasteiger partial charge on any atom is 0.223 e. The third kappa shape index (κ3) is 4.57. The number of alkyl halides is 1. The quantitative estimate of drug-likeness (QED) is 0.804. The zero-order chi connectivity index (χ0) is 10.3. The Hall–Kier alpha value is -0.970. The molecular weight excluding hydrogens is 191 g/mol. The molecule has 0 spiro atoms. The maximum absolute atomic E-state index is 11.9. The second-order valence-electron chi connectivity index (χ2n) is 1.95. The molecule has 0 bridgehead atoms. The highest BCUT2D eigenvalue weighted by atomic mass is 32.1. The third-order valence-electron chi connectivity index (χ3n) is 0.968. The molecule has 74 valence electrons. The van der Waals surface area contributed by atoms with Crippen LogP contribution in [0.1, 0.15) is 25.6 Å². The Morgan fingerprint density at radius 2 is 2.31 bits per heavy atom. The van der Waals surface area contributed by atoms with E-state index >= 15 is 0 Å². The molecule has 5 heteroatoms. The minimum atomic E-state index is -0.531. The summed E-state index contributed by atoms with van der Waals surface area (Å²) in [6.45, 7) is 4.85. The van der Waals surface area contributed by atoms with E-state index in [0.29, 0.717) is 10.0 Å². The molecule has 0 saturated heterocycles. The molecule has 0 aliphatic rings. The summed E-state index contributed by atoms with van der Waals surface area (Å²) in [5.74, 6) is -0.190. The number of halogens is 1. The molecule has 1 heterocycles. The van der Waals surface area contributed by atoms with Gasteiger partial charge in [0.2, 0.25) is 5.91 Å². The van der Waals surface area contributed by atoms with Crippen molar-refractivity contribution in [2.75, 3.05) is 5.32 Å². The van der Waals surface area contributed by atoms with Crippen LogP contribution in [0.25, 0.3) is 0 Å². The van der Waals surface area contributed by atoms with Gasteiger partial charge in [-0.05, 0) is 0 Å². The van der Waals surface area contributed by atoms with E-state index in [0.717, 1.165) is 11.3 Å². The van der Waals surface area contributed by atoms with Crippen molar-refractivity contribution in [3.8, 4) is 0 Å². The number of aromatic nitrogens is 1. The molecule has 0 fully saturated rings. The summed E-state index contributed by atoms with van der Waals surface area (Å²) in [5.41, 5.74) is 0. The highest BCUT2D eigenvalue weighted by molar-refractivity contribution is 7.15. The van der Waals surface area contributed by atoms with Crippen LogP contribution in [0.2, 0.25) is 0 Å². The van der Waals surface area contributed by atoms with Crippen LogP contribution in [0.5, 0.6) is 0 Å². The Morgan fingerprint density at radius 1 is 1.69 bits per heavy atom. The van der Waals surface area contributed by atoms with Gasteiger partial charge < -0.3 is 5.32 Å². The highest BCUT2D eigenvalue weighted by Crippen LogP contribution is 2.18. The standard InChI is InChI=1S/C6H7FN2OS.C2H6/c1-4(10)9-6-8-3-5(2-7)11-6;1-2/h3H,2H2,1H3,(H,8,9,10);1-2H3. The molecular formula is C8H13FN2OS. The topological polar surface area (TPSA) is 42.0 Å². The lowest BCUT2D eigenvalue weighted by atomic mass is 10.6. The lowest BCUT2D eigenvalue weighted by molar-refractivity contribution is -0.114. The van der Waals surface area contributed by atoms with Gasteiger partial charge in [0.15, 0.2) is 5.13 Å². The number of rotatable bonds is 2. The van der Waals surface area contributed by atoms with Crippen LogP contribution >= 0.6 is 11.3 Å². The van der Waals surface area contributed by atoms with Crippen molar-refractivity contribution in [1.82, 2.24) is 4.98 Å². The van der Waals surface area contributed by atoms with Crippen molar-refractivity contribution in [2.24, 2.45) is 0 Å². The first kappa shape index (κ1) is 12.0. The normalized spacial score (nSPS) is 8.62. The molecule has 0 aromatic carbocycles. The highest BCUT2D eigenvalue weighted by Gasteiger charge is 2.01. The fourth-order valence-electron chi connectivity index (χ4n) is 0.578. The Morgan fingerprint density at radius 3 is 2.69 bits per heavy atom. The monoisotopic (exact) mass is 204 g/mol. The van der Waals surface area contributed by atoms with Gasteiger partial charge in [-0.15, -0.1) is 0 Å². The zero-order valence-electron chi connectivity index (χ0n) is 7.93. The smallest absolute Gasteiger partial charge is 0.223 e. The summed E-state index contributed by atoms with van der Waals surface area (Å²) in [7, 11) is 0. The van der Waals surface area contributed by atoms with E-state index in [1.54, 1.807) is 0 Å². The maximum atomic E-state index is 11.9. The van der Waals surface area contributed by atoms with Gasteiger partial charge in [-0.25, -0.2) is 9.37 Å². The second-order valence-corrected chi connectivity index (χ2v) is 3.06. The van der Waals surface area contributed by atoms with E-state index in [-0.39, 0.29) is 5.91 Å². The largest absolute Gasteiger partial charge is 0.302 e. The Kier molecular flexibility index (Phi) is 6.05. The Bertz CT molecular complexity index is 262. The fourth-order valence-corrected chi connectivity index (χ4v) is 1.29. The molecule has 1 aromatic heterocycles. The van der Waals surface area contributed by atoms with Crippen LogP contribution in [0.15, 0.2) is 6.20 Å². The van der Waals surface area contributed by atoms with Crippen LogP contribution in [0.3, 0.4) is 0 Å². The van der Waals surface area contributed by atoms with Gasteiger partial charge in [-0.3, -0.25) is 4.79 Å². The molecule has 1 amide bonds. The van der Waals surface area contributed by atoms with E-state index in [1.807, 2.05) is 13.8 Å². The van der Waals surface area contributed by atoms with Gasteiger partial charge >= 0.3 is 0 Å². The summed E-state index contributed by atoms with van der Waals surface area (Å²) < 4.78 is 11.9. The molecule has 3 nitrogen and oxygen atoms in total. The molecule has 1 N–H and O–H groups in total. The van der Waals surface area contributed by atoms with Crippen LogP contribution < -0.4 is 5.32 Å². The van der Waals surface area contributed by atoms with Crippen LogP contribution in [0, 0.1) is 0 Å². The summed E-state index contributed by atoms with van der Waals surface area (Å²) in [6, 6.07) is 0. The molecule has 1 rings (SSSR count). The molecule has 0 aliphatic heterocycles. The average Bonchev–Trinajstić information content (AvgIpc) is 2.55. The number of nitrogens with one attached hydrogen (secondary N) is 1. The molecule has 0 radical (unpaired) electrons. The summed E-state index contributed by atoms with van der Waals surface area (Å²) in [5, 5.41) is 2.91. The van der Waals surface area contributed by atoms with Crippen molar-refractivity contribution >= 4 is 22.4 Å². The van der Waals surface area contributed by atoms with Crippen molar-refractivity contribution in [3.05, 3.63) is 11.1 Å². The van der Waals surface area contributed by atoms with E-state index in [9.17, 15) is 9.18 Å². The van der Waals surface area contributed by atoms with Crippen LogP contribution in [-0.2, 0) is 11.5 Å². The lowest BCUT2D eigenvalue weighted by Crippen LogP contribution is -2.04. The van der Waals surface area contributed by atoms with Gasteiger partial charge in [0, 0.05) is 13.1 Å². The molecule has 0 unspecified atom stereocenters. The fraction of sp³-hybridized carbons (Fsp3) is 0.500. The number of amides is 1. The Balaban J connectivity index is 0.000000671. The average molecular weight is 204 g/mol. The summed E-state index contributed by atoms with van der Waals surface area (Å²) >= 11 is 1.14. The number of thiazole rings is 1. The number of hydrogen-bond donors (Lipinski definition) is 1. The zero-order valence-corrected chi connectivity index (χ0v) is 8.74. The van der Waals surface area contributed by atoms with Gasteiger partial charge in [0.1, 0.15) is 6.67 Å². The number of carbonyl (C=O) groups excluding carboxylic acids is 1. The number of hydrogen-bond acceptors (Lipinski definition) is 3. The molecule has 1 aromatic rings. The van der Waals surface area contributed by atoms with Crippen LogP contribution in [-0.4, -0.2) is 10.9 Å². The minimum absolute atomic E-state index is 0.190. The first-order chi connectivity index (χ1) is 6.22. The Labute approximate surface area is 81.0 Å². The second kappa shape index (κ2) is 6.54. The number of carbonyl (C=O) groups is 1. The minimum Gasteiger partial charge on any atom is -0.302 e. The third-order valence-corrected chi connectivity index (χ3v) is 1.85. The van der Waals surface area contributed by atoms with E-state index in [4.69, 9.17) is 0 Å². The first-order valence-corrected chi connectivity index (χ1v) is 4.82. The summed E-state index contributed by atoms with van der Waals surface area (Å²) in [4.78, 5) is 14.8. The van der Waals surface area contributed by atoms with Crippen molar-refractivity contribution in [3.63, 3.8) is 0 Å². The predicted molar refractivity (Wildman–Crippen MR) is 52.6 cm³/mol. The molecule has 0 saturated carbocycles. The first-order valence-electron chi connectivity index (χ1n) is 4.00. The number of nitrogens with zero attached hydrogens (tertiary/aromatic N) is 1. The van der Waals surface area contributed by atoms with E-state index in [2.05, 4.69) is 10.3 Å². The molecule has 13 heavy (non-hydrogen) atoms. The molecule has 0 aliphatic carbocycles. The van der Waals surface area contributed by atoms with Gasteiger partial charge in [-0.1, -0.05) is 25.2 Å². The lowest BCUT2D eigenvalue weighted by Gasteiger charge is -1.91. The van der Waals surface area contributed by atoms with Crippen molar-refractivity contribution in [1.29, 1.82) is 0 Å².